The highest BCUT2D eigenvalue weighted by molar-refractivity contribution is 7.18. The first-order valence-corrected chi connectivity index (χ1v) is 7.63. The van der Waals surface area contributed by atoms with Crippen LogP contribution >= 0.6 is 11.3 Å². The first kappa shape index (κ1) is 13.3. The molecule has 1 N–H and O–H groups in total. The maximum Gasteiger partial charge on any atom is 0.306 e. The Morgan fingerprint density at radius 1 is 1.55 bits per heavy atom. The minimum absolute atomic E-state index is 0.210. The van der Waals surface area contributed by atoms with Gasteiger partial charge in [-0.15, -0.1) is 11.3 Å². The van der Waals surface area contributed by atoms with Crippen molar-refractivity contribution in [2.24, 2.45) is 11.8 Å². The molecule has 0 bridgehead atoms. The zero-order valence-electron chi connectivity index (χ0n) is 11.5. The molecule has 5 nitrogen and oxygen atoms in total. The smallest absolute Gasteiger partial charge is 0.306 e. The molecule has 3 heterocycles. The minimum atomic E-state index is -0.716. The topological polar surface area (TPSA) is 66.3 Å². The van der Waals surface area contributed by atoms with Gasteiger partial charge in [0.2, 0.25) is 0 Å². The minimum Gasteiger partial charge on any atom is -0.481 e. The summed E-state index contributed by atoms with van der Waals surface area (Å²) in [6, 6.07) is 2.16. The van der Waals surface area contributed by atoms with E-state index in [2.05, 4.69) is 27.9 Å². The molecule has 0 amide bonds. The molecule has 1 unspecified atom stereocenters. The standard InChI is InChI=1S/C14H17N3O2S/c1-3-10-4-11-12(15-7-16-13(11)20-10)17-5-9(6-17)8(2)14(18)19/h4,7-9H,3,5-6H2,1-2H3,(H,18,19). The summed E-state index contributed by atoms with van der Waals surface area (Å²) < 4.78 is 0. The highest BCUT2D eigenvalue weighted by atomic mass is 32.1. The van der Waals surface area contributed by atoms with Crippen molar-refractivity contribution in [2.75, 3.05) is 18.0 Å². The summed E-state index contributed by atoms with van der Waals surface area (Å²) in [5.74, 6) is 0.144. The summed E-state index contributed by atoms with van der Waals surface area (Å²) in [6.07, 6.45) is 2.60. The lowest BCUT2D eigenvalue weighted by Gasteiger charge is -2.42. The van der Waals surface area contributed by atoms with Gasteiger partial charge >= 0.3 is 5.97 Å². The highest BCUT2D eigenvalue weighted by Gasteiger charge is 2.36. The van der Waals surface area contributed by atoms with Crippen molar-refractivity contribution in [1.29, 1.82) is 0 Å². The number of carbonyl (C=O) groups is 1. The largest absolute Gasteiger partial charge is 0.481 e. The SMILES string of the molecule is CCc1cc2c(N3CC(C(C)C(=O)O)C3)ncnc2s1. The van der Waals surface area contributed by atoms with E-state index in [1.807, 2.05) is 0 Å². The average molecular weight is 291 g/mol. The number of aromatic nitrogens is 2. The average Bonchev–Trinajstić information content (AvgIpc) is 2.80. The molecule has 2 aromatic heterocycles. The van der Waals surface area contributed by atoms with Crippen LogP contribution < -0.4 is 4.90 Å². The van der Waals surface area contributed by atoms with Crippen LogP contribution in [0, 0.1) is 11.8 Å². The molecule has 20 heavy (non-hydrogen) atoms. The van der Waals surface area contributed by atoms with E-state index in [-0.39, 0.29) is 11.8 Å². The molecule has 1 aliphatic rings. The summed E-state index contributed by atoms with van der Waals surface area (Å²) in [5.41, 5.74) is 0. The molecule has 1 aliphatic heterocycles. The number of anilines is 1. The van der Waals surface area contributed by atoms with Crippen molar-refractivity contribution in [2.45, 2.75) is 20.3 Å². The number of thiophene rings is 1. The maximum absolute atomic E-state index is 11.0. The molecule has 1 fully saturated rings. The van der Waals surface area contributed by atoms with Crippen LogP contribution in [0.3, 0.4) is 0 Å². The Balaban J connectivity index is 1.82. The number of aryl methyl sites for hydroxylation is 1. The summed E-state index contributed by atoms with van der Waals surface area (Å²) in [4.78, 5) is 24.2. The van der Waals surface area contributed by atoms with Gasteiger partial charge in [-0.2, -0.15) is 0 Å². The molecule has 0 radical (unpaired) electrons. The molecule has 2 aromatic rings. The number of rotatable bonds is 4. The van der Waals surface area contributed by atoms with Gasteiger partial charge < -0.3 is 10.0 Å². The summed E-state index contributed by atoms with van der Waals surface area (Å²) >= 11 is 1.70. The monoisotopic (exact) mass is 291 g/mol. The first-order valence-electron chi connectivity index (χ1n) is 6.81. The second-order valence-corrected chi connectivity index (χ2v) is 6.39. The Hall–Kier alpha value is -1.69. The van der Waals surface area contributed by atoms with Crippen molar-refractivity contribution in [3.05, 3.63) is 17.3 Å². The molecule has 0 saturated carbocycles. The molecule has 1 saturated heterocycles. The Kier molecular flexibility index (Phi) is 3.33. The number of fused-ring (bicyclic) bond motifs is 1. The van der Waals surface area contributed by atoms with Crippen LogP contribution in [0.25, 0.3) is 10.2 Å². The summed E-state index contributed by atoms with van der Waals surface area (Å²) in [7, 11) is 0. The highest BCUT2D eigenvalue weighted by Crippen LogP contribution is 2.35. The Morgan fingerprint density at radius 3 is 2.95 bits per heavy atom. The molecule has 1 atom stereocenters. The fourth-order valence-corrected chi connectivity index (χ4v) is 3.45. The van der Waals surface area contributed by atoms with Crippen molar-refractivity contribution in [3.63, 3.8) is 0 Å². The zero-order chi connectivity index (χ0) is 14.3. The second kappa shape index (κ2) is 5.01. The molecular weight excluding hydrogens is 274 g/mol. The van der Waals surface area contributed by atoms with Gasteiger partial charge in [0.1, 0.15) is 17.0 Å². The number of hydrogen-bond donors (Lipinski definition) is 1. The number of aliphatic carboxylic acids is 1. The van der Waals surface area contributed by atoms with Crippen molar-refractivity contribution >= 4 is 33.3 Å². The second-order valence-electron chi connectivity index (χ2n) is 5.27. The Morgan fingerprint density at radius 2 is 2.30 bits per heavy atom. The van der Waals surface area contributed by atoms with E-state index in [1.165, 1.54) is 4.88 Å². The van der Waals surface area contributed by atoms with Crippen molar-refractivity contribution < 1.29 is 9.90 Å². The summed E-state index contributed by atoms with van der Waals surface area (Å²) in [5, 5.41) is 10.1. The number of hydrogen-bond acceptors (Lipinski definition) is 5. The molecule has 0 aromatic carbocycles. The van der Waals surface area contributed by atoms with Crippen LogP contribution in [0.2, 0.25) is 0 Å². The maximum atomic E-state index is 11.0. The lowest BCUT2D eigenvalue weighted by Crippen LogP contribution is -2.51. The summed E-state index contributed by atoms with van der Waals surface area (Å²) in [6.45, 7) is 5.43. The lowest BCUT2D eigenvalue weighted by molar-refractivity contribution is -0.143. The van der Waals surface area contributed by atoms with Gasteiger partial charge in [0.25, 0.3) is 0 Å². The lowest BCUT2D eigenvalue weighted by atomic mass is 9.87. The van der Waals surface area contributed by atoms with Crippen LogP contribution in [0.5, 0.6) is 0 Å². The third-order valence-corrected chi connectivity index (χ3v) is 5.20. The van der Waals surface area contributed by atoms with Gasteiger partial charge in [-0.3, -0.25) is 4.79 Å². The predicted molar refractivity (Wildman–Crippen MR) is 79.3 cm³/mol. The fraction of sp³-hybridized carbons (Fsp3) is 0.500. The molecule has 0 spiro atoms. The number of carboxylic acid groups (broad SMARTS) is 1. The van der Waals surface area contributed by atoms with Gasteiger partial charge in [0.15, 0.2) is 0 Å². The quantitative estimate of drug-likeness (QED) is 0.937. The van der Waals surface area contributed by atoms with Gasteiger partial charge in [-0.25, -0.2) is 9.97 Å². The molecule has 3 rings (SSSR count). The third-order valence-electron chi connectivity index (χ3n) is 4.01. The number of carboxylic acids is 1. The Labute approximate surface area is 121 Å². The predicted octanol–water partition coefficient (Wildman–Crippen LogP) is 2.41. The first-order chi connectivity index (χ1) is 9.60. The third kappa shape index (κ3) is 2.14. The van der Waals surface area contributed by atoms with Gasteiger partial charge in [0, 0.05) is 23.9 Å². The van der Waals surface area contributed by atoms with E-state index in [4.69, 9.17) is 5.11 Å². The van der Waals surface area contributed by atoms with E-state index >= 15 is 0 Å². The van der Waals surface area contributed by atoms with E-state index in [0.29, 0.717) is 0 Å². The van der Waals surface area contributed by atoms with Crippen LogP contribution in [-0.4, -0.2) is 34.1 Å². The van der Waals surface area contributed by atoms with Gasteiger partial charge in [-0.1, -0.05) is 13.8 Å². The molecule has 6 heteroatoms. The van der Waals surface area contributed by atoms with E-state index < -0.39 is 5.97 Å². The van der Waals surface area contributed by atoms with Gasteiger partial charge in [0.05, 0.1) is 11.3 Å². The Bertz CT molecular complexity index is 649. The molecule has 106 valence electrons. The van der Waals surface area contributed by atoms with Crippen LogP contribution in [0.15, 0.2) is 12.4 Å². The number of nitrogens with zero attached hydrogens (tertiary/aromatic N) is 3. The van der Waals surface area contributed by atoms with Crippen molar-refractivity contribution in [1.82, 2.24) is 9.97 Å². The normalized spacial score (nSPS) is 17.2. The van der Waals surface area contributed by atoms with E-state index in [9.17, 15) is 4.79 Å². The van der Waals surface area contributed by atoms with Gasteiger partial charge in [-0.05, 0) is 12.5 Å². The molecular formula is C14H17N3O2S. The van der Waals surface area contributed by atoms with Crippen molar-refractivity contribution in [3.8, 4) is 0 Å². The fourth-order valence-electron chi connectivity index (χ4n) is 2.52. The van der Waals surface area contributed by atoms with Crippen LogP contribution in [0.4, 0.5) is 5.82 Å². The van der Waals surface area contributed by atoms with E-state index in [0.717, 1.165) is 35.5 Å². The van der Waals surface area contributed by atoms with E-state index in [1.54, 1.807) is 24.6 Å². The molecule has 0 aliphatic carbocycles. The zero-order valence-corrected chi connectivity index (χ0v) is 12.4. The van der Waals surface area contributed by atoms with Crippen LogP contribution in [-0.2, 0) is 11.2 Å². The van der Waals surface area contributed by atoms with Crippen LogP contribution in [0.1, 0.15) is 18.7 Å².